The van der Waals surface area contributed by atoms with Gasteiger partial charge < -0.3 is 10.4 Å². The smallest absolute Gasteiger partial charge is 0.355 e. The van der Waals surface area contributed by atoms with Crippen molar-refractivity contribution in [1.82, 2.24) is 4.98 Å². The fourth-order valence-corrected chi connectivity index (χ4v) is 2.20. The molecule has 0 aliphatic carbocycles. The predicted molar refractivity (Wildman–Crippen MR) is 66.4 cm³/mol. The molecule has 8 heteroatoms. The zero-order valence-corrected chi connectivity index (χ0v) is 11.0. The highest BCUT2D eigenvalue weighted by Gasteiger charge is 2.12. The van der Waals surface area contributed by atoms with Gasteiger partial charge in [-0.3, -0.25) is 0 Å². The summed E-state index contributed by atoms with van der Waals surface area (Å²) in [4.78, 5) is 14.3. The van der Waals surface area contributed by atoms with Crippen LogP contribution >= 0.6 is 27.3 Å². The van der Waals surface area contributed by atoms with E-state index < -0.39 is 17.6 Å². The highest BCUT2D eigenvalue weighted by Crippen LogP contribution is 2.27. The molecule has 2 N–H and O–H groups in total. The second-order valence-electron chi connectivity index (χ2n) is 3.21. The maximum absolute atomic E-state index is 13.4. The van der Waals surface area contributed by atoms with E-state index in [0.717, 1.165) is 17.4 Å². The van der Waals surface area contributed by atoms with Crippen molar-refractivity contribution < 1.29 is 18.7 Å². The van der Waals surface area contributed by atoms with E-state index in [1.165, 1.54) is 11.4 Å². The Labute approximate surface area is 112 Å². The first-order valence-electron chi connectivity index (χ1n) is 4.58. The number of rotatable bonds is 3. The summed E-state index contributed by atoms with van der Waals surface area (Å²) in [7, 11) is 0. The highest BCUT2D eigenvalue weighted by molar-refractivity contribution is 9.10. The van der Waals surface area contributed by atoms with Crippen molar-refractivity contribution in [3.63, 3.8) is 0 Å². The minimum absolute atomic E-state index is 0.00886. The molecule has 0 radical (unpaired) electrons. The summed E-state index contributed by atoms with van der Waals surface area (Å²) in [5, 5.41) is 12.8. The van der Waals surface area contributed by atoms with Crippen LogP contribution in [0.5, 0.6) is 0 Å². The largest absolute Gasteiger partial charge is 0.476 e. The van der Waals surface area contributed by atoms with Crippen LogP contribution in [-0.2, 0) is 0 Å². The number of halogens is 3. The number of thiazole rings is 1. The maximum atomic E-state index is 13.4. The fraction of sp³-hybridized carbons (Fsp3) is 0. The monoisotopic (exact) mass is 334 g/mol. The van der Waals surface area contributed by atoms with Gasteiger partial charge in [0.25, 0.3) is 0 Å². The molecule has 0 spiro atoms. The standard InChI is InChI=1S/C10H5BrF2N2O2S/c11-4-1-7(6(13)2-5(4)12)14-10-15-8(3-18-10)9(16)17/h1-3H,(H,14,15)(H,16,17). The first kappa shape index (κ1) is 12.9. The molecule has 0 saturated heterocycles. The first-order chi connectivity index (χ1) is 8.47. The topological polar surface area (TPSA) is 62.2 Å². The van der Waals surface area contributed by atoms with Crippen LogP contribution in [0, 0.1) is 11.6 Å². The average Bonchev–Trinajstić information content (AvgIpc) is 2.74. The number of anilines is 2. The number of nitrogens with one attached hydrogen (secondary N) is 1. The number of aromatic nitrogens is 1. The van der Waals surface area contributed by atoms with E-state index in [2.05, 4.69) is 26.2 Å². The van der Waals surface area contributed by atoms with Gasteiger partial charge in [0.1, 0.15) is 11.6 Å². The molecule has 0 amide bonds. The Morgan fingerprint density at radius 3 is 2.72 bits per heavy atom. The van der Waals surface area contributed by atoms with Crippen molar-refractivity contribution in [1.29, 1.82) is 0 Å². The number of hydrogen-bond donors (Lipinski definition) is 2. The third-order valence-corrected chi connectivity index (χ3v) is 3.34. The quantitative estimate of drug-likeness (QED) is 0.841. The summed E-state index contributed by atoms with van der Waals surface area (Å²) in [5.74, 6) is -2.67. The van der Waals surface area contributed by atoms with Crippen molar-refractivity contribution in [3.05, 3.63) is 39.3 Å². The molecule has 1 aromatic carbocycles. The normalized spacial score (nSPS) is 10.4. The summed E-state index contributed by atoms with van der Waals surface area (Å²) in [6.07, 6.45) is 0. The van der Waals surface area contributed by atoms with Gasteiger partial charge in [0.2, 0.25) is 0 Å². The molecule has 18 heavy (non-hydrogen) atoms. The number of nitrogens with zero attached hydrogens (tertiary/aromatic N) is 1. The number of carboxylic acids is 1. The lowest BCUT2D eigenvalue weighted by Crippen LogP contribution is -1.98. The summed E-state index contributed by atoms with van der Waals surface area (Å²) in [6.45, 7) is 0. The Balaban J connectivity index is 2.28. The van der Waals surface area contributed by atoms with Crippen LogP contribution in [0.25, 0.3) is 0 Å². The lowest BCUT2D eigenvalue weighted by Gasteiger charge is -2.05. The summed E-state index contributed by atoms with van der Waals surface area (Å²) in [5.41, 5.74) is -0.126. The van der Waals surface area contributed by atoms with Gasteiger partial charge in [-0.2, -0.15) is 0 Å². The molecule has 0 atom stereocenters. The van der Waals surface area contributed by atoms with Crippen LogP contribution in [0.3, 0.4) is 0 Å². The van der Waals surface area contributed by atoms with Gasteiger partial charge in [-0.05, 0) is 22.0 Å². The molecular formula is C10H5BrF2N2O2S. The zero-order valence-electron chi connectivity index (χ0n) is 8.58. The van der Waals surface area contributed by atoms with Gasteiger partial charge in [-0.25, -0.2) is 18.6 Å². The molecule has 0 saturated carbocycles. The molecule has 2 aromatic rings. The van der Waals surface area contributed by atoms with E-state index in [1.54, 1.807) is 0 Å². The SMILES string of the molecule is O=C(O)c1csc(Nc2cc(Br)c(F)cc2F)n1. The number of carboxylic acid groups (broad SMARTS) is 1. The molecule has 0 fully saturated rings. The van der Waals surface area contributed by atoms with E-state index in [0.29, 0.717) is 0 Å². The van der Waals surface area contributed by atoms with Crippen LogP contribution in [0.1, 0.15) is 10.5 Å². The van der Waals surface area contributed by atoms with E-state index in [9.17, 15) is 13.6 Å². The van der Waals surface area contributed by atoms with E-state index in [-0.39, 0.29) is 21.0 Å². The van der Waals surface area contributed by atoms with E-state index in [1.807, 2.05) is 0 Å². The molecule has 0 aliphatic rings. The molecule has 0 aliphatic heterocycles. The van der Waals surface area contributed by atoms with Gasteiger partial charge in [-0.15, -0.1) is 11.3 Å². The highest BCUT2D eigenvalue weighted by atomic mass is 79.9. The van der Waals surface area contributed by atoms with Gasteiger partial charge in [0, 0.05) is 11.4 Å². The Morgan fingerprint density at radius 2 is 2.11 bits per heavy atom. The number of aromatic carboxylic acids is 1. The Kier molecular flexibility index (Phi) is 3.58. The van der Waals surface area contributed by atoms with Crippen LogP contribution < -0.4 is 5.32 Å². The van der Waals surface area contributed by atoms with Crippen molar-refractivity contribution in [3.8, 4) is 0 Å². The number of hydrogen-bond acceptors (Lipinski definition) is 4. The minimum atomic E-state index is -1.17. The zero-order chi connectivity index (χ0) is 13.3. The molecule has 4 nitrogen and oxygen atoms in total. The van der Waals surface area contributed by atoms with Crippen molar-refractivity contribution in [2.24, 2.45) is 0 Å². The van der Waals surface area contributed by atoms with Crippen LogP contribution in [0.2, 0.25) is 0 Å². The summed E-state index contributed by atoms with van der Waals surface area (Å²) < 4.78 is 26.5. The van der Waals surface area contributed by atoms with Gasteiger partial charge in [0.05, 0.1) is 10.2 Å². The molecule has 1 aromatic heterocycles. The van der Waals surface area contributed by atoms with Gasteiger partial charge in [-0.1, -0.05) is 0 Å². The predicted octanol–water partition coefficient (Wildman–Crippen LogP) is 3.63. The van der Waals surface area contributed by atoms with Crippen LogP contribution in [-0.4, -0.2) is 16.1 Å². The molecule has 0 unspecified atom stereocenters. The first-order valence-corrected chi connectivity index (χ1v) is 6.25. The summed E-state index contributed by atoms with van der Waals surface area (Å²) in [6, 6.07) is 1.94. The minimum Gasteiger partial charge on any atom is -0.476 e. The number of benzene rings is 1. The van der Waals surface area contributed by atoms with Crippen LogP contribution in [0.15, 0.2) is 22.0 Å². The molecule has 0 bridgehead atoms. The Morgan fingerprint density at radius 1 is 1.39 bits per heavy atom. The van der Waals surface area contributed by atoms with Crippen molar-refractivity contribution >= 4 is 44.1 Å². The van der Waals surface area contributed by atoms with E-state index in [4.69, 9.17) is 5.11 Å². The third kappa shape index (κ3) is 2.65. The van der Waals surface area contributed by atoms with Crippen molar-refractivity contribution in [2.75, 3.05) is 5.32 Å². The van der Waals surface area contributed by atoms with Gasteiger partial charge >= 0.3 is 5.97 Å². The second kappa shape index (κ2) is 4.99. The summed E-state index contributed by atoms with van der Waals surface area (Å²) >= 11 is 3.94. The van der Waals surface area contributed by atoms with E-state index >= 15 is 0 Å². The Bertz CT molecular complexity index is 618. The van der Waals surface area contributed by atoms with Crippen molar-refractivity contribution in [2.45, 2.75) is 0 Å². The lowest BCUT2D eigenvalue weighted by molar-refractivity contribution is 0.0691. The number of carbonyl (C=O) groups is 1. The average molecular weight is 335 g/mol. The fourth-order valence-electron chi connectivity index (χ4n) is 1.16. The second-order valence-corrected chi connectivity index (χ2v) is 4.93. The molecule has 94 valence electrons. The Hall–Kier alpha value is -1.54. The molecule has 1 heterocycles. The van der Waals surface area contributed by atoms with Gasteiger partial charge in [0.15, 0.2) is 10.8 Å². The third-order valence-electron chi connectivity index (χ3n) is 1.97. The maximum Gasteiger partial charge on any atom is 0.355 e. The lowest BCUT2D eigenvalue weighted by atomic mass is 10.3. The molecule has 2 rings (SSSR count). The molecular weight excluding hydrogens is 330 g/mol. The van der Waals surface area contributed by atoms with Crippen LogP contribution in [0.4, 0.5) is 19.6 Å².